The summed E-state index contributed by atoms with van der Waals surface area (Å²) >= 11 is 6.04. The highest BCUT2D eigenvalue weighted by Crippen LogP contribution is 2.25. The van der Waals surface area contributed by atoms with E-state index < -0.39 is 15.8 Å². The van der Waals surface area contributed by atoms with Gasteiger partial charge in [-0.3, -0.25) is 9.52 Å². The zero-order chi connectivity index (χ0) is 19.5. The predicted molar refractivity (Wildman–Crippen MR) is 100 cm³/mol. The fraction of sp³-hybridized carbons (Fsp3) is 0.278. The molecule has 0 bridgehead atoms. The molecule has 26 heavy (non-hydrogen) atoms. The maximum absolute atomic E-state index is 13.0. The Kier molecular flexibility index (Phi) is 6.26. The first-order valence-corrected chi connectivity index (χ1v) is 9.79. The number of nitrogens with zero attached hydrogens (tertiary/aromatic N) is 1. The quantitative estimate of drug-likeness (QED) is 0.799. The number of benzene rings is 2. The van der Waals surface area contributed by atoms with Crippen LogP contribution in [-0.2, 0) is 10.0 Å². The Morgan fingerprint density at radius 1 is 1.19 bits per heavy atom. The SMILES string of the molecule is CC(C)CN(C)C(=O)c1ccc(Cl)c(S(=O)(=O)Nc2ccc(F)cc2)c1. The minimum Gasteiger partial charge on any atom is -0.341 e. The normalized spacial score (nSPS) is 11.5. The van der Waals surface area contributed by atoms with Crippen molar-refractivity contribution < 1.29 is 17.6 Å². The van der Waals surface area contributed by atoms with Gasteiger partial charge >= 0.3 is 0 Å². The number of nitrogens with one attached hydrogen (secondary N) is 1. The molecule has 0 radical (unpaired) electrons. The van der Waals surface area contributed by atoms with E-state index in [9.17, 15) is 17.6 Å². The smallest absolute Gasteiger partial charge is 0.263 e. The van der Waals surface area contributed by atoms with Gasteiger partial charge < -0.3 is 4.90 Å². The summed E-state index contributed by atoms with van der Waals surface area (Å²) in [6.45, 7) is 4.50. The van der Waals surface area contributed by atoms with Crippen LogP contribution in [0.15, 0.2) is 47.4 Å². The molecule has 2 aromatic carbocycles. The summed E-state index contributed by atoms with van der Waals surface area (Å²) in [5.41, 5.74) is 0.410. The molecular weight excluding hydrogens is 379 g/mol. The molecular formula is C18H20ClFN2O3S. The van der Waals surface area contributed by atoms with E-state index in [-0.39, 0.29) is 33.0 Å². The topological polar surface area (TPSA) is 66.5 Å². The Hall–Kier alpha value is -2.12. The second-order valence-electron chi connectivity index (χ2n) is 6.34. The molecule has 0 spiro atoms. The van der Waals surface area contributed by atoms with E-state index in [0.29, 0.717) is 6.54 Å². The Labute approximate surface area is 157 Å². The summed E-state index contributed by atoms with van der Waals surface area (Å²) in [6.07, 6.45) is 0. The lowest BCUT2D eigenvalue weighted by Crippen LogP contribution is -2.30. The zero-order valence-electron chi connectivity index (χ0n) is 14.7. The van der Waals surface area contributed by atoms with Gasteiger partial charge in [-0.2, -0.15) is 0 Å². The van der Waals surface area contributed by atoms with E-state index in [1.807, 2.05) is 13.8 Å². The summed E-state index contributed by atoms with van der Waals surface area (Å²) in [6, 6.07) is 8.97. The lowest BCUT2D eigenvalue weighted by atomic mass is 10.1. The van der Waals surface area contributed by atoms with Gasteiger partial charge in [0.05, 0.1) is 5.02 Å². The van der Waals surface area contributed by atoms with E-state index >= 15 is 0 Å². The van der Waals surface area contributed by atoms with Crippen LogP contribution in [0.25, 0.3) is 0 Å². The standard InChI is InChI=1S/C18H20ClFN2O3S/c1-12(2)11-22(3)18(23)13-4-9-16(19)17(10-13)26(24,25)21-15-7-5-14(20)6-8-15/h4-10,12,21H,11H2,1-3H3. The molecule has 0 saturated carbocycles. The van der Waals surface area contributed by atoms with Gasteiger partial charge in [-0.1, -0.05) is 25.4 Å². The van der Waals surface area contributed by atoms with Gasteiger partial charge in [0.2, 0.25) is 0 Å². The molecule has 0 heterocycles. The van der Waals surface area contributed by atoms with E-state index in [2.05, 4.69) is 4.72 Å². The van der Waals surface area contributed by atoms with Gasteiger partial charge in [0.15, 0.2) is 0 Å². The number of hydrogen-bond donors (Lipinski definition) is 1. The number of sulfonamides is 1. The summed E-state index contributed by atoms with van der Waals surface area (Å²) in [7, 11) is -2.38. The first kappa shape index (κ1) is 20.2. The molecule has 2 rings (SSSR count). The van der Waals surface area contributed by atoms with Gasteiger partial charge in [-0.25, -0.2) is 12.8 Å². The number of rotatable bonds is 6. The summed E-state index contributed by atoms with van der Waals surface area (Å²) in [4.78, 5) is 13.8. The molecule has 2 aromatic rings. The van der Waals surface area contributed by atoms with Crippen molar-refractivity contribution in [1.82, 2.24) is 4.90 Å². The van der Waals surface area contributed by atoms with Crippen LogP contribution in [0.1, 0.15) is 24.2 Å². The third kappa shape index (κ3) is 4.95. The fourth-order valence-electron chi connectivity index (χ4n) is 2.42. The van der Waals surface area contributed by atoms with E-state index in [1.165, 1.54) is 35.2 Å². The van der Waals surface area contributed by atoms with Crippen LogP contribution in [0.2, 0.25) is 5.02 Å². The van der Waals surface area contributed by atoms with Crippen LogP contribution < -0.4 is 4.72 Å². The highest BCUT2D eigenvalue weighted by molar-refractivity contribution is 7.92. The predicted octanol–water partition coefficient (Wildman–Crippen LogP) is 4.01. The van der Waals surface area contributed by atoms with Gasteiger partial charge in [0.1, 0.15) is 10.7 Å². The van der Waals surface area contributed by atoms with E-state index in [1.54, 1.807) is 7.05 Å². The Morgan fingerprint density at radius 3 is 2.38 bits per heavy atom. The van der Waals surface area contributed by atoms with E-state index in [0.717, 1.165) is 12.1 Å². The molecule has 0 unspecified atom stereocenters. The monoisotopic (exact) mass is 398 g/mol. The van der Waals surface area contributed by atoms with Crippen molar-refractivity contribution in [3.05, 3.63) is 58.9 Å². The molecule has 0 aliphatic rings. The maximum atomic E-state index is 13.0. The van der Waals surface area contributed by atoms with Crippen LogP contribution >= 0.6 is 11.6 Å². The molecule has 0 saturated heterocycles. The number of anilines is 1. The van der Waals surface area contributed by atoms with Crippen molar-refractivity contribution in [1.29, 1.82) is 0 Å². The van der Waals surface area contributed by atoms with Crippen LogP contribution in [0, 0.1) is 11.7 Å². The van der Waals surface area contributed by atoms with Crippen LogP contribution in [-0.4, -0.2) is 32.8 Å². The third-order valence-electron chi connectivity index (χ3n) is 3.55. The van der Waals surface area contributed by atoms with Crippen molar-refractivity contribution in [3.63, 3.8) is 0 Å². The minimum absolute atomic E-state index is 0.0114. The second-order valence-corrected chi connectivity index (χ2v) is 8.40. The van der Waals surface area contributed by atoms with Gasteiger partial charge in [-0.05, 0) is 48.4 Å². The summed E-state index contributed by atoms with van der Waals surface area (Å²) in [5, 5.41) is -0.0114. The van der Waals surface area contributed by atoms with Crippen LogP contribution in [0.4, 0.5) is 10.1 Å². The average Bonchev–Trinajstić information content (AvgIpc) is 2.55. The fourth-order valence-corrected chi connectivity index (χ4v) is 4.01. The number of halogens is 2. The summed E-state index contributed by atoms with van der Waals surface area (Å²) < 4.78 is 40.5. The molecule has 8 heteroatoms. The Morgan fingerprint density at radius 2 is 1.81 bits per heavy atom. The zero-order valence-corrected chi connectivity index (χ0v) is 16.2. The highest BCUT2D eigenvalue weighted by Gasteiger charge is 2.22. The van der Waals surface area contributed by atoms with Crippen LogP contribution in [0.5, 0.6) is 0 Å². The van der Waals surface area contributed by atoms with Gasteiger partial charge in [0.25, 0.3) is 15.9 Å². The molecule has 5 nitrogen and oxygen atoms in total. The van der Waals surface area contributed by atoms with Gasteiger partial charge in [-0.15, -0.1) is 0 Å². The first-order valence-electron chi connectivity index (χ1n) is 7.93. The highest BCUT2D eigenvalue weighted by atomic mass is 35.5. The molecule has 1 N–H and O–H groups in total. The number of carbonyl (C=O) groups is 1. The van der Waals surface area contributed by atoms with Gasteiger partial charge in [0, 0.05) is 24.8 Å². The number of carbonyl (C=O) groups excluding carboxylic acids is 1. The minimum atomic E-state index is -4.04. The van der Waals surface area contributed by atoms with Crippen LogP contribution in [0.3, 0.4) is 0 Å². The molecule has 0 aliphatic heterocycles. The molecule has 0 aliphatic carbocycles. The number of hydrogen-bond acceptors (Lipinski definition) is 3. The van der Waals surface area contributed by atoms with Crippen molar-refractivity contribution >= 4 is 33.2 Å². The van der Waals surface area contributed by atoms with E-state index in [4.69, 9.17) is 11.6 Å². The second kappa shape index (κ2) is 8.05. The lowest BCUT2D eigenvalue weighted by Gasteiger charge is -2.20. The lowest BCUT2D eigenvalue weighted by molar-refractivity contribution is 0.0779. The summed E-state index contributed by atoms with van der Waals surface area (Å²) in [5.74, 6) is -0.500. The molecule has 0 aromatic heterocycles. The molecule has 140 valence electrons. The third-order valence-corrected chi connectivity index (χ3v) is 5.41. The molecule has 0 fully saturated rings. The Balaban J connectivity index is 2.33. The maximum Gasteiger partial charge on any atom is 0.263 e. The largest absolute Gasteiger partial charge is 0.341 e. The molecule has 0 atom stereocenters. The number of amides is 1. The van der Waals surface area contributed by atoms with Crippen molar-refractivity contribution in [2.24, 2.45) is 5.92 Å². The first-order chi connectivity index (χ1) is 12.1. The van der Waals surface area contributed by atoms with Crippen molar-refractivity contribution in [3.8, 4) is 0 Å². The Bertz CT molecular complexity index is 899. The average molecular weight is 399 g/mol. The van der Waals surface area contributed by atoms with Crippen molar-refractivity contribution in [2.75, 3.05) is 18.3 Å². The molecule has 1 amide bonds. The van der Waals surface area contributed by atoms with Crippen molar-refractivity contribution in [2.45, 2.75) is 18.7 Å².